The first-order valence-electron chi connectivity index (χ1n) is 5.12. The van der Waals surface area contributed by atoms with Gasteiger partial charge in [-0.1, -0.05) is 26.2 Å². The number of halogens is 1. The Morgan fingerprint density at radius 2 is 2.27 bits per heavy atom. The fourth-order valence-corrected chi connectivity index (χ4v) is 1.14. The van der Waals surface area contributed by atoms with Gasteiger partial charge in [-0.05, 0) is 6.42 Å². The molecule has 0 unspecified atom stereocenters. The van der Waals surface area contributed by atoms with Crippen molar-refractivity contribution in [3.63, 3.8) is 0 Å². The molecule has 1 rings (SSSR count). The zero-order valence-electron chi connectivity index (χ0n) is 8.75. The SMILES string of the molecule is CCCCCCOc1nc(=O)c(F)c[nH]1. The molecule has 0 atom stereocenters. The van der Waals surface area contributed by atoms with E-state index in [1.54, 1.807) is 0 Å². The van der Waals surface area contributed by atoms with Gasteiger partial charge in [0, 0.05) is 6.20 Å². The first kappa shape index (κ1) is 11.7. The average molecular weight is 214 g/mol. The minimum atomic E-state index is -0.895. The van der Waals surface area contributed by atoms with E-state index in [9.17, 15) is 9.18 Å². The summed E-state index contributed by atoms with van der Waals surface area (Å²) in [5.74, 6) is -0.895. The predicted octanol–water partition coefficient (Wildman–Crippen LogP) is 1.87. The molecule has 1 aromatic heterocycles. The number of ether oxygens (including phenoxy) is 1. The molecule has 1 N–H and O–H groups in total. The number of nitrogens with one attached hydrogen (secondary N) is 1. The van der Waals surface area contributed by atoms with Crippen molar-refractivity contribution < 1.29 is 9.13 Å². The summed E-state index contributed by atoms with van der Waals surface area (Å²) in [6.07, 6.45) is 5.27. The van der Waals surface area contributed by atoms with Crippen molar-refractivity contribution in [3.05, 3.63) is 22.4 Å². The molecule has 0 amide bonds. The Balaban J connectivity index is 2.32. The van der Waals surface area contributed by atoms with Gasteiger partial charge in [0.05, 0.1) is 6.61 Å². The van der Waals surface area contributed by atoms with E-state index in [1.165, 1.54) is 0 Å². The van der Waals surface area contributed by atoms with Crippen LogP contribution in [0.25, 0.3) is 0 Å². The van der Waals surface area contributed by atoms with Crippen LogP contribution in [0.5, 0.6) is 6.01 Å². The largest absolute Gasteiger partial charge is 0.465 e. The first-order valence-corrected chi connectivity index (χ1v) is 5.12. The lowest BCUT2D eigenvalue weighted by molar-refractivity contribution is 0.279. The van der Waals surface area contributed by atoms with Gasteiger partial charge >= 0.3 is 5.56 Å². The topological polar surface area (TPSA) is 55.0 Å². The van der Waals surface area contributed by atoms with Crippen molar-refractivity contribution in [3.8, 4) is 6.01 Å². The fourth-order valence-electron chi connectivity index (χ4n) is 1.14. The molecular formula is C10H15FN2O2. The molecule has 0 fully saturated rings. The molecule has 0 spiro atoms. The third-order valence-electron chi connectivity index (χ3n) is 1.97. The summed E-state index contributed by atoms with van der Waals surface area (Å²) < 4.78 is 17.7. The van der Waals surface area contributed by atoms with Crippen LogP contribution in [-0.2, 0) is 0 Å². The number of rotatable bonds is 6. The Kier molecular flexibility index (Phi) is 4.80. The van der Waals surface area contributed by atoms with E-state index >= 15 is 0 Å². The average Bonchev–Trinajstić information content (AvgIpc) is 2.23. The van der Waals surface area contributed by atoms with E-state index < -0.39 is 11.4 Å². The van der Waals surface area contributed by atoms with Crippen molar-refractivity contribution in [2.24, 2.45) is 0 Å². The zero-order chi connectivity index (χ0) is 11.1. The summed E-state index contributed by atoms with van der Waals surface area (Å²) in [5, 5.41) is 0. The molecule has 5 heteroatoms. The molecule has 1 heterocycles. The minimum Gasteiger partial charge on any atom is -0.465 e. The minimum absolute atomic E-state index is 0.0814. The lowest BCUT2D eigenvalue weighted by Gasteiger charge is -2.03. The van der Waals surface area contributed by atoms with Crippen LogP contribution in [0.15, 0.2) is 11.0 Å². The van der Waals surface area contributed by atoms with Crippen molar-refractivity contribution in [1.29, 1.82) is 0 Å². The van der Waals surface area contributed by atoms with Crippen LogP contribution < -0.4 is 10.3 Å². The summed E-state index contributed by atoms with van der Waals surface area (Å²) in [7, 11) is 0. The molecular weight excluding hydrogens is 199 g/mol. The second kappa shape index (κ2) is 6.16. The van der Waals surface area contributed by atoms with E-state index in [2.05, 4.69) is 16.9 Å². The van der Waals surface area contributed by atoms with Crippen molar-refractivity contribution in [2.45, 2.75) is 32.6 Å². The molecule has 0 saturated carbocycles. The van der Waals surface area contributed by atoms with Crippen molar-refractivity contribution >= 4 is 0 Å². The summed E-state index contributed by atoms with van der Waals surface area (Å²) in [6, 6.07) is 0.0814. The summed E-state index contributed by atoms with van der Waals surface area (Å²) in [6.45, 7) is 2.62. The van der Waals surface area contributed by atoms with Crippen LogP contribution in [0.2, 0.25) is 0 Å². The van der Waals surface area contributed by atoms with Crippen LogP contribution in [0.4, 0.5) is 4.39 Å². The Bertz CT molecular complexity index is 352. The van der Waals surface area contributed by atoms with E-state index in [0.717, 1.165) is 31.9 Å². The second-order valence-corrected chi connectivity index (χ2v) is 3.27. The standard InChI is InChI=1S/C10H15FN2O2/c1-2-3-4-5-6-15-10-12-7-8(11)9(14)13-10/h7H,2-6H2,1H3,(H,12,13,14). The molecule has 0 radical (unpaired) electrons. The molecule has 0 aliphatic carbocycles. The number of nitrogens with zero attached hydrogens (tertiary/aromatic N) is 1. The van der Waals surface area contributed by atoms with Crippen LogP contribution in [0.3, 0.4) is 0 Å². The highest BCUT2D eigenvalue weighted by Crippen LogP contribution is 2.02. The molecule has 15 heavy (non-hydrogen) atoms. The maximum absolute atomic E-state index is 12.5. The van der Waals surface area contributed by atoms with Crippen LogP contribution in [0.1, 0.15) is 32.6 Å². The number of hydrogen-bond donors (Lipinski definition) is 1. The fraction of sp³-hybridized carbons (Fsp3) is 0.600. The number of aromatic amines is 1. The summed E-state index contributed by atoms with van der Waals surface area (Å²) in [4.78, 5) is 16.6. The molecule has 84 valence electrons. The van der Waals surface area contributed by atoms with Gasteiger partial charge in [0.2, 0.25) is 5.82 Å². The van der Waals surface area contributed by atoms with Gasteiger partial charge in [-0.2, -0.15) is 9.37 Å². The van der Waals surface area contributed by atoms with E-state index in [4.69, 9.17) is 4.74 Å². The monoisotopic (exact) mass is 214 g/mol. The van der Waals surface area contributed by atoms with Gasteiger partial charge in [-0.3, -0.25) is 4.79 Å². The highest BCUT2D eigenvalue weighted by molar-refractivity contribution is 4.96. The Hall–Kier alpha value is -1.39. The Labute approximate surface area is 87.5 Å². The lowest BCUT2D eigenvalue weighted by Crippen LogP contribution is -2.13. The maximum atomic E-state index is 12.5. The van der Waals surface area contributed by atoms with Gasteiger partial charge in [0.25, 0.3) is 6.01 Å². The Morgan fingerprint density at radius 3 is 2.93 bits per heavy atom. The molecule has 1 aromatic rings. The highest BCUT2D eigenvalue weighted by Gasteiger charge is 2.01. The van der Waals surface area contributed by atoms with Crippen molar-refractivity contribution in [2.75, 3.05) is 6.61 Å². The van der Waals surface area contributed by atoms with Crippen LogP contribution in [-0.4, -0.2) is 16.6 Å². The zero-order valence-corrected chi connectivity index (χ0v) is 8.75. The van der Waals surface area contributed by atoms with Gasteiger partial charge < -0.3 is 9.72 Å². The Morgan fingerprint density at radius 1 is 1.47 bits per heavy atom. The lowest BCUT2D eigenvalue weighted by atomic mass is 10.2. The summed E-state index contributed by atoms with van der Waals surface area (Å²) >= 11 is 0. The van der Waals surface area contributed by atoms with Gasteiger partial charge in [-0.25, -0.2) is 0 Å². The predicted molar refractivity (Wildman–Crippen MR) is 54.5 cm³/mol. The normalized spacial score (nSPS) is 10.3. The third kappa shape index (κ3) is 4.10. The second-order valence-electron chi connectivity index (χ2n) is 3.27. The number of hydrogen-bond acceptors (Lipinski definition) is 3. The number of H-pyrrole nitrogens is 1. The van der Waals surface area contributed by atoms with E-state index in [0.29, 0.717) is 6.61 Å². The molecule has 0 saturated heterocycles. The van der Waals surface area contributed by atoms with Gasteiger partial charge in [0.15, 0.2) is 0 Å². The maximum Gasteiger partial charge on any atom is 0.311 e. The van der Waals surface area contributed by atoms with Crippen LogP contribution >= 0.6 is 0 Å². The smallest absolute Gasteiger partial charge is 0.311 e. The highest BCUT2D eigenvalue weighted by atomic mass is 19.1. The molecule has 0 bridgehead atoms. The molecule has 0 aliphatic heterocycles. The van der Waals surface area contributed by atoms with E-state index in [1.807, 2.05) is 0 Å². The number of aromatic nitrogens is 2. The van der Waals surface area contributed by atoms with Gasteiger partial charge in [-0.15, -0.1) is 0 Å². The van der Waals surface area contributed by atoms with Crippen LogP contribution in [0, 0.1) is 5.82 Å². The third-order valence-corrected chi connectivity index (χ3v) is 1.97. The first-order chi connectivity index (χ1) is 7.24. The molecule has 0 aromatic carbocycles. The summed E-state index contributed by atoms with van der Waals surface area (Å²) in [5.41, 5.74) is -0.891. The van der Waals surface area contributed by atoms with Gasteiger partial charge in [0.1, 0.15) is 0 Å². The van der Waals surface area contributed by atoms with E-state index in [-0.39, 0.29) is 6.01 Å². The van der Waals surface area contributed by atoms with Crippen molar-refractivity contribution in [1.82, 2.24) is 9.97 Å². The molecule has 4 nitrogen and oxygen atoms in total. The number of unbranched alkanes of at least 4 members (excludes halogenated alkanes) is 3. The molecule has 0 aliphatic rings. The quantitative estimate of drug-likeness (QED) is 0.735.